The Bertz CT molecular complexity index is 415. The van der Waals surface area contributed by atoms with Gasteiger partial charge in [-0.05, 0) is 43.4 Å². The van der Waals surface area contributed by atoms with Gasteiger partial charge in [-0.15, -0.1) is 0 Å². The lowest BCUT2D eigenvalue weighted by Crippen LogP contribution is -2.35. The lowest BCUT2D eigenvalue weighted by Gasteiger charge is -2.34. The Kier molecular flexibility index (Phi) is 5.08. The summed E-state index contributed by atoms with van der Waals surface area (Å²) < 4.78 is 5.23. The second-order valence-corrected chi connectivity index (χ2v) is 5.79. The lowest BCUT2D eigenvalue weighted by molar-refractivity contribution is 0.139. The first-order chi connectivity index (χ1) is 9.11. The largest absolute Gasteiger partial charge is 0.384 e. The molecule has 1 atom stereocenters. The third kappa shape index (κ3) is 3.62. The Morgan fingerprint density at radius 3 is 2.63 bits per heavy atom. The van der Waals surface area contributed by atoms with E-state index in [2.05, 4.69) is 17.0 Å². The smallest absolute Gasteiger partial charge is 0.0642 e. The first-order valence-corrected chi connectivity index (χ1v) is 7.28. The average molecular weight is 283 g/mol. The maximum atomic E-state index is 6.38. The van der Waals surface area contributed by atoms with Crippen molar-refractivity contribution in [2.45, 2.75) is 25.8 Å². The number of nitrogens with zero attached hydrogens (tertiary/aromatic N) is 1. The van der Waals surface area contributed by atoms with E-state index in [1.54, 1.807) is 7.11 Å². The summed E-state index contributed by atoms with van der Waals surface area (Å²) in [7, 11) is 1.77. The molecule has 3 nitrogen and oxygen atoms in total. The number of rotatable bonds is 4. The van der Waals surface area contributed by atoms with E-state index in [1.165, 1.54) is 12.8 Å². The number of benzene rings is 1. The standard InChI is InChI=1S/C15H23ClN2O/c1-11(17)13-3-4-15(14(16)9-13)18-7-5-12(6-8-18)10-19-2/h3-4,9,11-12H,5-8,10,17H2,1-2H3. The molecule has 0 aromatic heterocycles. The summed E-state index contributed by atoms with van der Waals surface area (Å²) in [6, 6.07) is 6.19. The van der Waals surface area contributed by atoms with Gasteiger partial charge >= 0.3 is 0 Å². The quantitative estimate of drug-likeness (QED) is 0.921. The molecule has 0 spiro atoms. The molecule has 1 saturated heterocycles. The summed E-state index contributed by atoms with van der Waals surface area (Å²) in [4.78, 5) is 2.36. The number of halogens is 1. The lowest BCUT2D eigenvalue weighted by atomic mass is 9.97. The van der Waals surface area contributed by atoms with Gasteiger partial charge in [-0.25, -0.2) is 0 Å². The minimum atomic E-state index is 0.0268. The van der Waals surface area contributed by atoms with Crippen LogP contribution in [-0.4, -0.2) is 26.8 Å². The zero-order valence-corrected chi connectivity index (χ0v) is 12.5. The predicted molar refractivity (Wildman–Crippen MR) is 80.9 cm³/mol. The Balaban J connectivity index is 2.03. The van der Waals surface area contributed by atoms with Crippen LogP contribution in [0.15, 0.2) is 18.2 Å². The van der Waals surface area contributed by atoms with Crippen molar-refractivity contribution >= 4 is 17.3 Å². The summed E-state index contributed by atoms with van der Waals surface area (Å²) in [6.07, 6.45) is 2.33. The van der Waals surface area contributed by atoms with Gasteiger partial charge in [-0.1, -0.05) is 17.7 Å². The van der Waals surface area contributed by atoms with Crippen molar-refractivity contribution in [3.63, 3.8) is 0 Å². The van der Waals surface area contributed by atoms with Crippen LogP contribution in [0.2, 0.25) is 5.02 Å². The number of methoxy groups -OCH3 is 1. The molecule has 1 aliphatic heterocycles. The Hall–Kier alpha value is -0.770. The Labute approximate surface area is 120 Å². The molecule has 19 heavy (non-hydrogen) atoms. The summed E-state index contributed by atoms with van der Waals surface area (Å²) in [6.45, 7) is 4.93. The molecule has 1 heterocycles. The van der Waals surface area contributed by atoms with Crippen LogP contribution in [0, 0.1) is 5.92 Å². The molecule has 0 bridgehead atoms. The normalized spacial score (nSPS) is 18.6. The van der Waals surface area contributed by atoms with Gasteiger partial charge in [0.2, 0.25) is 0 Å². The Morgan fingerprint density at radius 2 is 2.11 bits per heavy atom. The van der Waals surface area contributed by atoms with Crippen LogP contribution in [0.25, 0.3) is 0 Å². The minimum absolute atomic E-state index is 0.0268. The number of ether oxygens (including phenoxy) is 1. The summed E-state index contributed by atoms with van der Waals surface area (Å²) in [5.41, 5.74) is 8.09. The molecule has 1 aromatic carbocycles. The van der Waals surface area contributed by atoms with Crippen LogP contribution in [0.4, 0.5) is 5.69 Å². The first kappa shape index (κ1) is 14.6. The molecule has 1 fully saturated rings. The monoisotopic (exact) mass is 282 g/mol. The van der Waals surface area contributed by atoms with Crippen LogP contribution in [0.1, 0.15) is 31.4 Å². The highest BCUT2D eigenvalue weighted by Crippen LogP contribution is 2.31. The second kappa shape index (κ2) is 6.60. The molecule has 2 N–H and O–H groups in total. The van der Waals surface area contributed by atoms with Crippen molar-refractivity contribution in [2.75, 3.05) is 31.7 Å². The Morgan fingerprint density at radius 1 is 1.42 bits per heavy atom. The van der Waals surface area contributed by atoms with Gasteiger partial charge in [-0.2, -0.15) is 0 Å². The molecule has 1 aromatic rings. The van der Waals surface area contributed by atoms with E-state index in [0.717, 1.165) is 36.0 Å². The van der Waals surface area contributed by atoms with Gasteiger partial charge in [0.25, 0.3) is 0 Å². The molecule has 1 unspecified atom stereocenters. The number of nitrogens with two attached hydrogens (primary N) is 1. The van der Waals surface area contributed by atoms with E-state index in [-0.39, 0.29) is 6.04 Å². The van der Waals surface area contributed by atoms with Crippen LogP contribution in [0.3, 0.4) is 0 Å². The first-order valence-electron chi connectivity index (χ1n) is 6.90. The van der Waals surface area contributed by atoms with Crippen molar-refractivity contribution in [2.24, 2.45) is 11.7 Å². The SMILES string of the molecule is COCC1CCN(c2ccc(C(C)N)cc2Cl)CC1. The van der Waals surface area contributed by atoms with Crippen molar-refractivity contribution < 1.29 is 4.74 Å². The van der Waals surface area contributed by atoms with Crippen molar-refractivity contribution in [3.8, 4) is 0 Å². The molecule has 106 valence electrons. The van der Waals surface area contributed by atoms with E-state index >= 15 is 0 Å². The highest BCUT2D eigenvalue weighted by molar-refractivity contribution is 6.33. The maximum Gasteiger partial charge on any atom is 0.0642 e. The number of hydrogen-bond acceptors (Lipinski definition) is 3. The van der Waals surface area contributed by atoms with Gasteiger partial charge in [0, 0.05) is 32.8 Å². The molecule has 4 heteroatoms. The summed E-state index contributed by atoms with van der Waals surface area (Å²) >= 11 is 6.38. The van der Waals surface area contributed by atoms with Crippen LogP contribution in [-0.2, 0) is 4.74 Å². The molecular formula is C15H23ClN2O. The molecule has 1 aliphatic rings. The number of piperidine rings is 1. The number of anilines is 1. The van der Waals surface area contributed by atoms with Gasteiger partial charge in [0.1, 0.15) is 0 Å². The predicted octanol–water partition coefficient (Wildman–Crippen LogP) is 3.22. The van der Waals surface area contributed by atoms with Gasteiger partial charge in [0.15, 0.2) is 0 Å². The van der Waals surface area contributed by atoms with Crippen LogP contribution >= 0.6 is 11.6 Å². The fourth-order valence-electron chi connectivity index (χ4n) is 2.64. The molecule has 0 amide bonds. The molecule has 0 saturated carbocycles. The van der Waals surface area contributed by atoms with Crippen LogP contribution < -0.4 is 10.6 Å². The highest BCUT2D eigenvalue weighted by Gasteiger charge is 2.20. The van der Waals surface area contributed by atoms with E-state index in [1.807, 2.05) is 13.0 Å². The average Bonchev–Trinajstić information content (AvgIpc) is 2.40. The molecule has 0 aliphatic carbocycles. The molecule has 0 radical (unpaired) electrons. The van der Waals surface area contributed by atoms with Gasteiger partial charge in [0.05, 0.1) is 10.7 Å². The van der Waals surface area contributed by atoms with E-state index in [9.17, 15) is 0 Å². The van der Waals surface area contributed by atoms with Gasteiger partial charge in [-0.3, -0.25) is 0 Å². The zero-order chi connectivity index (χ0) is 13.8. The minimum Gasteiger partial charge on any atom is -0.384 e. The van der Waals surface area contributed by atoms with E-state index in [4.69, 9.17) is 22.1 Å². The van der Waals surface area contributed by atoms with Gasteiger partial charge < -0.3 is 15.4 Å². The fraction of sp³-hybridized carbons (Fsp3) is 0.600. The fourth-order valence-corrected chi connectivity index (χ4v) is 2.95. The third-order valence-corrected chi connectivity index (χ3v) is 4.16. The summed E-state index contributed by atoms with van der Waals surface area (Å²) in [5.74, 6) is 0.684. The van der Waals surface area contributed by atoms with Crippen molar-refractivity contribution in [1.29, 1.82) is 0 Å². The van der Waals surface area contributed by atoms with E-state index < -0.39 is 0 Å². The zero-order valence-electron chi connectivity index (χ0n) is 11.7. The van der Waals surface area contributed by atoms with E-state index in [0.29, 0.717) is 5.92 Å². The topological polar surface area (TPSA) is 38.5 Å². The summed E-state index contributed by atoms with van der Waals surface area (Å²) in [5, 5.41) is 0.806. The van der Waals surface area contributed by atoms with Crippen molar-refractivity contribution in [1.82, 2.24) is 0 Å². The maximum absolute atomic E-state index is 6.38. The third-order valence-electron chi connectivity index (χ3n) is 3.86. The van der Waals surface area contributed by atoms with Crippen LogP contribution in [0.5, 0.6) is 0 Å². The second-order valence-electron chi connectivity index (χ2n) is 5.39. The van der Waals surface area contributed by atoms with Crippen molar-refractivity contribution in [3.05, 3.63) is 28.8 Å². The molecule has 2 rings (SSSR count). The highest BCUT2D eigenvalue weighted by atomic mass is 35.5. The molecular weight excluding hydrogens is 260 g/mol. The number of hydrogen-bond donors (Lipinski definition) is 1.